The van der Waals surface area contributed by atoms with E-state index in [0.717, 1.165) is 22.9 Å². The summed E-state index contributed by atoms with van der Waals surface area (Å²) in [6.07, 6.45) is 0.880. The van der Waals surface area contributed by atoms with E-state index in [1.807, 2.05) is 18.7 Å². The molecule has 10 heteroatoms. The molecule has 0 saturated carbocycles. The number of piperazine rings is 1. The Labute approximate surface area is 164 Å². The van der Waals surface area contributed by atoms with E-state index < -0.39 is 26.6 Å². The van der Waals surface area contributed by atoms with E-state index in [2.05, 4.69) is 5.32 Å². The number of ether oxygens (including phenoxy) is 1. The molecule has 7 nitrogen and oxygen atoms in total. The van der Waals surface area contributed by atoms with E-state index in [1.54, 1.807) is 0 Å². The minimum Gasteiger partial charge on any atom is -0.379 e. The molecule has 0 unspecified atom stereocenters. The molecule has 1 fully saturated rings. The van der Waals surface area contributed by atoms with Gasteiger partial charge >= 0.3 is 0 Å². The number of amides is 1. The Morgan fingerprint density at radius 2 is 1.89 bits per heavy atom. The third-order valence-corrected chi connectivity index (χ3v) is 6.24. The number of hydrogen-bond donors (Lipinski definition) is 1. The van der Waals surface area contributed by atoms with Crippen LogP contribution in [0.4, 0.5) is 8.78 Å². The minimum absolute atomic E-state index is 0.134. The second-order valence-electron chi connectivity index (χ2n) is 6.88. The van der Waals surface area contributed by atoms with Crippen LogP contribution in [-0.4, -0.2) is 75.5 Å². The zero-order chi connectivity index (χ0) is 20.7. The number of nitrogens with zero attached hydrogens (tertiary/aromatic N) is 2. The summed E-state index contributed by atoms with van der Waals surface area (Å²) >= 11 is 0. The van der Waals surface area contributed by atoms with Crippen LogP contribution in [0.15, 0.2) is 23.1 Å². The maximum atomic E-state index is 13.8. The molecule has 0 aliphatic carbocycles. The maximum Gasteiger partial charge on any atom is 0.246 e. The van der Waals surface area contributed by atoms with Gasteiger partial charge in [0.05, 0.1) is 12.6 Å². The van der Waals surface area contributed by atoms with Gasteiger partial charge in [-0.2, -0.15) is 4.31 Å². The van der Waals surface area contributed by atoms with E-state index >= 15 is 0 Å². The average Bonchev–Trinajstić information content (AvgIpc) is 2.61. The van der Waals surface area contributed by atoms with Crippen molar-refractivity contribution in [3.8, 4) is 0 Å². The van der Waals surface area contributed by atoms with Crippen molar-refractivity contribution in [2.75, 3.05) is 45.9 Å². The average molecular weight is 419 g/mol. The predicted octanol–water partition coefficient (Wildman–Crippen LogP) is 1.20. The summed E-state index contributed by atoms with van der Waals surface area (Å²) in [6.45, 7) is 6.13. The second kappa shape index (κ2) is 10.2. The molecule has 1 amide bonds. The molecular weight excluding hydrogens is 392 g/mol. The fourth-order valence-electron chi connectivity index (χ4n) is 2.83. The molecule has 1 aromatic carbocycles. The zero-order valence-electron chi connectivity index (χ0n) is 16.2. The molecule has 158 valence electrons. The van der Waals surface area contributed by atoms with Crippen molar-refractivity contribution >= 4 is 15.9 Å². The van der Waals surface area contributed by atoms with Crippen molar-refractivity contribution in [3.63, 3.8) is 0 Å². The maximum absolute atomic E-state index is 13.8. The van der Waals surface area contributed by atoms with Crippen LogP contribution >= 0.6 is 0 Å². The molecular formula is C18H27F2N3O4S. The summed E-state index contributed by atoms with van der Waals surface area (Å²) in [5.74, 6) is -2.07. The molecule has 1 aliphatic heterocycles. The van der Waals surface area contributed by atoms with Crippen LogP contribution in [-0.2, 0) is 19.6 Å². The van der Waals surface area contributed by atoms with Crippen LogP contribution in [0.2, 0.25) is 0 Å². The number of sulfonamides is 1. The van der Waals surface area contributed by atoms with Gasteiger partial charge in [0.25, 0.3) is 0 Å². The summed E-state index contributed by atoms with van der Waals surface area (Å²) in [5.41, 5.74) is 0. The summed E-state index contributed by atoms with van der Waals surface area (Å²) in [6, 6.07) is 2.41. The quantitative estimate of drug-likeness (QED) is 0.609. The van der Waals surface area contributed by atoms with E-state index in [0.29, 0.717) is 32.3 Å². The second-order valence-corrected chi connectivity index (χ2v) is 8.78. The van der Waals surface area contributed by atoms with Crippen molar-refractivity contribution in [2.45, 2.75) is 31.3 Å². The number of rotatable bonds is 9. The van der Waals surface area contributed by atoms with Crippen molar-refractivity contribution in [3.05, 3.63) is 29.8 Å². The molecule has 2 rings (SSSR count). The van der Waals surface area contributed by atoms with Crippen molar-refractivity contribution in [2.24, 2.45) is 0 Å². The lowest BCUT2D eigenvalue weighted by Gasteiger charge is -2.33. The van der Waals surface area contributed by atoms with Gasteiger partial charge < -0.3 is 10.1 Å². The van der Waals surface area contributed by atoms with E-state index in [9.17, 15) is 22.0 Å². The van der Waals surface area contributed by atoms with E-state index in [-0.39, 0.29) is 31.6 Å². The van der Waals surface area contributed by atoms with Crippen molar-refractivity contribution < 1.29 is 26.7 Å². The molecule has 28 heavy (non-hydrogen) atoms. The Hall–Kier alpha value is -1.62. The highest BCUT2D eigenvalue weighted by atomic mass is 32.2. The largest absolute Gasteiger partial charge is 0.379 e. The Bertz CT molecular complexity index is 766. The van der Waals surface area contributed by atoms with Gasteiger partial charge in [0, 0.05) is 45.4 Å². The van der Waals surface area contributed by atoms with Crippen LogP contribution in [0, 0.1) is 11.6 Å². The molecule has 0 radical (unpaired) electrons. The monoisotopic (exact) mass is 419 g/mol. The molecule has 1 saturated heterocycles. The Morgan fingerprint density at radius 3 is 2.50 bits per heavy atom. The fourth-order valence-corrected chi connectivity index (χ4v) is 4.30. The van der Waals surface area contributed by atoms with Crippen LogP contribution in [0.3, 0.4) is 0 Å². The summed E-state index contributed by atoms with van der Waals surface area (Å²) < 4.78 is 58.5. The Kier molecular flexibility index (Phi) is 8.29. The third-order valence-electron chi connectivity index (χ3n) is 4.30. The van der Waals surface area contributed by atoms with E-state index in [1.165, 1.54) is 0 Å². The third kappa shape index (κ3) is 6.47. The van der Waals surface area contributed by atoms with Gasteiger partial charge in [-0.25, -0.2) is 17.2 Å². The molecule has 0 spiro atoms. The van der Waals surface area contributed by atoms with Crippen LogP contribution in [0.5, 0.6) is 0 Å². The number of carbonyl (C=O) groups excluding carboxylic acids is 1. The van der Waals surface area contributed by atoms with Gasteiger partial charge in [0.15, 0.2) is 0 Å². The first-order chi connectivity index (χ1) is 13.2. The number of nitrogens with one attached hydrogen (secondary N) is 1. The SMILES string of the molecule is CC(C)OCCCNC(=O)CN1CCN(S(=O)(=O)c2ccc(F)cc2F)CC1. The van der Waals surface area contributed by atoms with Gasteiger partial charge in [-0.15, -0.1) is 0 Å². The highest BCUT2D eigenvalue weighted by Gasteiger charge is 2.31. The summed E-state index contributed by atoms with van der Waals surface area (Å²) in [5, 5.41) is 2.81. The minimum atomic E-state index is -4.04. The topological polar surface area (TPSA) is 79.0 Å². The molecule has 0 aromatic heterocycles. The lowest BCUT2D eigenvalue weighted by molar-refractivity contribution is -0.122. The molecule has 1 heterocycles. The molecule has 0 atom stereocenters. The van der Waals surface area contributed by atoms with Crippen molar-refractivity contribution in [1.82, 2.24) is 14.5 Å². The highest BCUT2D eigenvalue weighted by Crippen LogP contribution is 2.21. The first-order valence-corrected chi connectivity index (χ1v) is 10.7. The Morgan fingerprint density at radius 1 is 1.21 bits per heavy atom. The highest BCUT2D eigenvalue weighted by molar-refractivity contribution is 7.89. The van der Waals surface area contributed by atoms with E-state index in [4.69, 9.17) is 4.74 Å². The lowest BCUT2D eigenvalue weighted by Crippen LogP contribution is -2.51. The summed E-state index contributed by atoms with van der Waals surface area (Å²) in [4.78, 5) is 13.3. The first-order valence-electron chi connectivity index (χ1n) is 9.26. The number of hydrogen-bond acceptors (Lipinski definition) is 5. The zero-order valence-corrected chi connectivity index (χ0v) is 17.0. The first kappa shape index (κ1) is 22.7. The predicted molar refractivity (Wildman–Crippen MR) is 100 cm³/mol. The molecule has 1 aliphatic rings. The Balaban J connectivity index is 1.78. The van der Waals surface area contributed by atoms with Gasteiger partial charge in [0.2, 0.25) is 15.9 Å². The smallest absolute Gasteiger partial charge is 0.246 e. The molecule has 1 N–H and O–H groups in total. The normalized spacial score (nSPS) is 16.5. The van der Waals surface area contributed by atoms with Gasteiger partial charge in [-0.05, 0) is 32.4 Å². The van der Waals surface area contributed by atoms with Crippen LogP contribution in [0.25, 0.3) is 0 Å². The van der Waals surface area contributed by atoms with Crippen LogP contribution in [0.1, 0.15) is 20.3 Å². The van der Waals surface area contributed by atoms with Gasteiger partial charge in [-0.1, -0.05) is 0 Å². The summed E-state index contributed by atoms with van der Waals surface area (Å²) in [7, 11) is -4.04. The molecule has 1 aromatic rings. The lowest BCUT2D eigenvalue weighted by atomic mass is 10.3. The number of carbonyl (C=O) groups is 1. The van der Waals surface area contributed by atoms with Gasteiger partial charge in [0.1, 0.15) is 16.5 Å². The van der Waals surface area contributed by atoms with Gasteiger partial charge in [-0.3, -0.25) is 9.69 Å². The number of benzene rings is 1. The molecule has 0 bridgehead atoms. The van der Waals surface area contributed by atoms with Crippen LogP contribution < -0.4 is 5.32 Å². The standard InChI is InChI=1S/C18H27F2N3O4S/c1-14(2)27-11-3-6-21-18(24)13-22-7-9-23(10-8-22)28(25,26)17-5-4-15(19)12-16(17)20/h4-5,12,14H,3,6-11,13H2,1-2H3,(H,21,24). The number of halogens is 2. The van der Waals surface area contributed by atoms with Crippen molar-refractivity contribution in [1.29, 1.82) is 0 Å². The fraction of sp³-hybridized carbons (Fsp3) is 0.611.